The third-order valence-corrected chi connectivity index (χ3v) is 13.0. The minimum Gasteiger partial charge on any atom is -0.228 e. The maximum absolute atomic E-state index is 5.13. The molecule has 0 N–H and O–H groups in total. The summed E-state index contributed by atoms with van der Waals surface area (Å²) in [6.45, 7) is 9.71. The van der Waals surface area contributed by atoms with Crippen LogP contribution in [0.3, 0.4) is 0 Å². The Labute approximate surface area is 302 Å². The monoisotopic (exact) mass is 672 g/mol. The SMILES string of the molecule is CC1(C)c2cc3c(cc2-c2c(ccc4ccccc24)C1(C)C)sc1ccc(-c2ccc4c(-c5ccccc5)nc(-c5ccccc5)nc4c2)cc13. The Hall–Kier alpha value is -5.64. The van der Waals surface area contributed by atoms with Gasteiger partial charge in [0.05, 0.1) is 11.2 Å². The third kappa shape index (κ3) is 4.48. The normalized spacial score (nSPS) is 14.6. The van der Waals surface area contributed by atoms with Crippen molar-refractivity contribution >= 4 is 53.2 Å². The van der Waals surface area contributed by atoms with Gasteiger partial charge >= 0.3 is 0 Å². The Morgan fingerprint density at radius 3 is 1.92 bits per heavy atom. The van der Waals surface area contributed by atoms with Crippen molar-refractivity contribution in [1.82, 2.24) is 9.97 Å². The summed E-state index contributed by atoms with van der Waals surface area (Å²) in [6.07, 6.45) is 0. The molecule has 0 fully saturated rings. The van der Waals surface area contributed by atoms with Crippen molar-refractivity contribution < 1.29 is 0 Å². The largest absolute Gasteiger partial charge is 0.228 e. The topological polar surface area (TPSA) is 25.8 Å². The molecule has 1 aliphatic carbocycles. The van der Waals surface area contributed by atoms with Gasteiger partial charge in [-0.2, -0.15) is 0 Å². The van der Waals surface area contributed by atoms with Crippen LogP contribution in [0.15, 0.2) is 146 Å². The van der Waals surface area contributed by atoms with Gasteiger partial charge in [0.15, 0.2) is 5.82 Å². The zero-order valence-corrected chi connectivity index (χ0v) is 30.0. The molecule has 0 aliphatic heterocycles. The molecular weight excluding hydrogens is 637 g/mol. The van der Waals surface area contributed by atoms with Crippen molar-refractivity contribution in [3.05, 3.63) is 157 Å². The molecule has 0 spiro atoms. The van der Waals surface area contributed by atoms with Crippen LogP contribution in [0.25, 0.3) is 86.7 Å². The summed E-state index contributed by atoms with van der Waals surface area (Å²) in [7, 11) is 0. The molecule has 2 heterocycles. The summed E-state index contributed by atoms with van der Waals surface area (Å²) >= 11 is 1.90. The van der Waals surface area contributed by atoms with Crippen LogP contribution in [0.1, 0.15) is 38.8 Å². The van der Waals surface area contributed by atoms with Crippen LogP contribution < -0.4 is 0 Å². The third-order valence-electron chi connectivity index (χ3n) is 11.8. The van der Waals surface area contributed by atoms with Crippen molar-refractivity contribution in [2.75, 3.05) is 0 Å². The number of fused-ring (bicyclic) bond motifs is 9. The van der Waals surface area contributed by atoms with Gasteiger partial charge in [0.2, 0.25) is 0 Å². The zero-order chi connectivity index (χ0) is 34.5. The maximum Gasteiger partial charge on any atom is 0.160 e. The van der Waals surface area contributed by atoms with Crippen LogP contribution in [-0.4, -0.2) is 9.97 Å². The fourth-order valence-electron chi connectivity index (χ4n) is 8.32. The maximum atomic E-state index is 5.13. The van der Waals surface area contributed by atoms with E-state index < -0.39 is 0 Å². The van der Waals surface area contributed by atoms with E-state index in [1.54, 1.807) is 0 Å². The lowest BCUT2D eigenvalue weighted by molar-refractivity contribution is 0.299. The van der Waals surface area contributed by atoms with Crippen LogP contribution in [-0.2, 0) is 10.8 Å². The minimum atomic E-state index is -0.0666. The summed E-state index contributed by atoms with van der Waals surface area (Å²) < 4.78 is 2.65. The summed E-state index contributed by atoms with van der Waals surface area (Å²) in [5.74, 6) is 0.739. The average Bonchev–Trinajstić information content (AvgIpc) is 3.53. The van der Waals surface area contributed by atoms with E-state index in [-0.39, 0.29) is 10.8 Å². The predicted molar refractivity (Wildman–Crippen MR) is 218 cm³/mol. The molecule has 2 nitrogen and oxygen atoms in total. The summed E-state index contributed by atoms with van der Waals surface area (Å²) in [4.78, 5) is 10.2. The Morgan fingerprint density at radius 1 is 0.451 bits per heavy atom. The van der Waals surface area contributed by atoms with Gasteiger partial charge in [-0.15, -0.1) is 11.3 Å². The molecule has 244 valence electrons. The molecule has 0 amide bonds. The molecule has 9 aromatic rings. The molecule has 1 aliphatic rings. The van der Waals surface area contributed by atoms with Gasteiger partial charge in [0.1, 0.15) is 0 Å². The standard InChI is InChI=1S/C48H36N2S/c1-47(2)39-23-20-29-13-11-12-18-34(29)44(39)38-28-43-37(27-40(38)48(47,3)4)36-25-32(21-24-42(36)51-43)33-19-22-35-41(26-33)49-46(31-16-9-6-10-17-31)50-45(35)30-14-7-5-8-15-30/h5-28H,1-4H3. The molecule has 0 saturated carbocycles. The smallest absolute Gasteiger partial charge is 0.160 e. The number of hydrogen-bond acceptors (Lipinski definition) is 3. The van der Waals surface area contributed by atoms with Gasteiger partial charge < -0.3 is 0 Å². The molecule has 0 unspecified atom stereocenters. The lowest BCUT2D eigenvalue weighted by Gasteiger charge is -2.48. The number of rotatable bonds is 3. The average molecular weight is 673 g/mol. The lowest BCUT2D eigenvalue weighted by Crippen LogP contribution is -2.43. The summed E-state index contributed by atoms with van der Waals surface area (Å²) in [5.41, 5.74) is 11.9. The number of benzene rings is 7. The van der Waals surface area contributed by atoms with Crippen LogP contribution >= 0.6 is 11.3 Å². The van der Waals surface area contributed by atoms with Gasteiger partial charge in [0, 0.05) is 36.7 Å². The molecule has 0 atom stereocenters. The highest BCUT2D eigenvalue weighted by Gasteiger charge is 2.46. The van der Waals surface area contributed by atoms with E-state index in [0.717, 1.165) is 39.1 Å². The Bertz CT molecular complexity index is 2850. The minimum absolute atomic E-state index is 0.0474. The van der Waals surface area contributed by atoms with E-state index in [1.165, 1.54) is 58.8 Å². The first-order valence-corrected chi connectivity index (χ1v) is 18.6. The van der Waals surface area contributed by atoms with Crippen molar-refractivity contribution in [2.24, 2.45) is 0 Å². The molecule has 10 rings (SSSR count). The molecule has 7 aromatic carbocycles. The van der Waals surface area contributed by atoms with E-state index in [4.69, 9.17) is 9.97 Å². The number of hydrogen-bond donors (Lipinski definition) is 0. The Kier molecular flexibility index (Phi) is 6.47. The van der Waals surface area contributed by atoms with Crippen molar-refractivity contribution in [3.8, 4) is 44.9 Å². The summed E-state index contributed by atoms with van der Waals surface area (Å²) in [5, 5.41) is 6.34. The first-order chi connectivity index (χ1) is 24.8. The highest BCUT2D eigenvalue weighted by molar-refractivity contribution is 7.25. The van der Waals surface area contributed by atoms with E-state index in [9.17, 15) is 0 Å². The molecule has 3 heteroatoms. The first-order valence-electron chi connectivity index (χ1n) is 17.7. The lowest BCUT2D eigenvalue weighted by atomic mass is 9.55. The Balaban J connectivity index is 1.16. The highest BCUT2D eigenvalue weighted by Crippen LogP contribution is 2.57. The van der Waals surface area contributed by atoms with Crippen molar-refractivity contribution in [3.63, 3.8) is 0 Å². The first kappa shape index (κ1) is 30.2. The molecule has 51 heavy (non-hydrogen) atoms. The van der Waals surface area contributed by atoms with E-state index in [1.807, 2.05) is 35.6 Å². The second kappa shape index (κ2) is 10.9. The number of thiophene rings is 1. The fraction of sp³-hybridized carbons (Fsp3) is 0.125. The van der Waals surface area contributed by atoms with Crippen molar-refractivity contribution in [2.45, 2.75) is 38.5 Å². The second-order valence-electron chi connectivity index (χ2n) is 15.0. The van der Waals surface area contributed by atoms with Gasteiger partial charge in [-0.05, 0) is 91.4 Å². The van der Waals surface area contributed by atoms with E-state index in [2.05, 4.69) is 149 Å². The van der Waals surface area contributed by atoms with Gasteiger partial charge in [0.25, 0.3) is 0 Å². The molecule has 0 saturated heterocycles. The molecular formula is C48H36N2S. The second-order valence-corrected chi connectivity index (χ2v) is 16.1. The van der Waals surface area contributed by atoms with Crippen LogP contribution in [0.5, 0.6) is 0 Å². The zero-order valence-electron chi connectivity index (χ0n) is 29.2. The quantitative estimate of drug-likeness (QED) is 0.187. The predicted octanol–water partition coefficient (Wildman–Crippen LogP) is 13.4. The molecule has 0 bridgehead atoms. The molecule has 0 radical (unpaired) electrons. The van der Waals surface area contributed by atoms with Gasteiger partial charge in [-0.1, -0.05) is 137 Å². The molecule has 2 aromatic heterocycles. The van der Waals surface area contributed by atoms with E-state index >= 15 is 0 Å². The van der Waals surface area contributed by atoms with E-state index in [0.29, 0.717) is 0 Å². The summed E-state index contributed by atoms with van der Waals surface area (Å²) in [6, 6.07) is 52.9. The van der Waals surface area contributed by atoms with Crippen molar-refractivity contribution in [1.29, 1.82) is 0 Å². The Morgan fingerprint density at radius 2 is 1.12 bits per heavy atom. The van der Waals surface area contributed by atoms with Crippen LogP contribution in [0.2, 0.25) is 0 Å². The van der Waals surface area contributed by atoms with Gasteiger partial charge in [-0.25, -0.2) is 9.97 Å². The highest BCUT2D eigenvalue weighted by atomic mass is 32.1. The van der Waals surface area contributed by atoms with Crippen LogP contribution in [0, 0.1) is 0 Å². The van der Waals surface area contributed by atoms with Gasteiger partial charge in [-0.3, -0.25) is 0 Å². The number of nitrogens with zero attached hydrogens (tertiary/aromatic N) is 2. The fourth-order valence-corrected chi connectivity index (χ4v) is 9.43. The number of aromatic nitrogens is 2. The van der Waals surface area contributed by atoms with Crippen LogP contribution in [0.4, 0.5) is 0 Å².